The van der Waals surface area contributed by atoms with Gasteiger partial charge in [-0.3, -0.25) is 4.99 Å². The lowest BCUT2D eigenvalue weighted by atomic mass is 10.1. The van der Waals surface area contributed by atoms with Gasteiger partial charge in [-0.1, -0.05) is 19.8 Å². The summed E-state index contributed by atoms with van der Waals surface area (Å²) >= 11 is 0. The van der Waals surface area contributed by atoms with Crippen LogP contribution in [0.2, 0.25) is 0 Å². The average molecular weight is 448 g/mol. The number of hydrogen-bond acceptors (Lipinski definition) is 5. The zero-order valence-corrected chi connectivity index (χ0v) is 20.3. The lowest BCUT2D eigenvalue weighted by Crippen LogP contribution is -2.49. The highest BCUT2D eigenvalue weighted by molar-refractivity contribution is 7.88. The number of hydrogen-bond donors (Lipinski definition) is 3. The topological polar surface area (TPSA) is 112 Å². The Hall–Kier alpha value is -1.55. The summed E-state index contributed by atoms with van der Waals surface area (Å²) in [4.78, 5) is 16.7. The fourth-order valence-electron chi connectivity index (χ4n) is 3.18. The summed E-state index contributed by atoms with van der Waals surface area (Å²) in [6.07, 6.45) is 4.61. The second kappa shape index (κ2) is 12.3. The SMILES string of the molecule is CCCCC(CNC(=O)OC(C)(C)C)NC(=NCC1CCN(S(C)(=O)=O)C1)NCC. The first-order chi connectivity index (χ1) is 13.9. The molecule has 3 N–H and O–H groups in total. The van der Waals surface area contributed by atoms with Crippen LogP contribution in [0.4, 0.5) is 4.79 Å². The third-order valence-electron chi connectivity index (χ3n) is 4.71. The Labute approximate surface area is 182 Å². The Morgan fingerprint density at radius 1 is 1.27 bits per heavy atom. The molecule has 9 nitrogen and oxygen atoms in total. The van der Waals surface area contributed by atoms with E-state index in [1.807, 2.05) is 27.7 Å². The van der Waals surface area contributed by atoms with Crippen LogP contribution in [0.5, 0.6) is 0 Å². The lowest BCUT2D eigenvalue weighted by molar-refractivity contribution is 0.0522. The first kappa shape index (κ1) is 26.5. The minimum atomic E-state index is -3.14. The molecule has 0 aromatic heterocycles. The second-order valence-electron chi connectivity index (χ2n) is 8.86. The highest BCUT2D eigenvalue weighted by Crippen LogP contribution is 2.18. The van der Waals surface area contributed by atoms with Crippen LogP contribution in [0.25, 0.3) is 0 Å². The van der Waals surface area contributed by atoms with Crippen molar-refractivity contribution in [3.63, 3.8) is 0 Å². The molecule has 1 amide bonds. The molecule has 0 bridgehead atoms. The van der Waals surface area contributed by atoms with Crippen molar-refractivity contribution >= 4 is 22.1 Å². The van der Waals surface area contributed by atoms with Crippen molar-refractivity contribution < 1.29 is 17.9 Å². The van der Waals surface area contributed by atoms with E-state index in [1.54, 1.807) is 0 Å². The van der Waals surface area contributed by atoms with Gasteiger partial charge in [0.05, 0.1) is 6.26 Å². The Kier molecular flexibility index (Phi) is 10.9. The van der Waals surface area contributed by atoms with Crippen molar-refractivity contribution in [1.82, 2.24) is 20.3 Å². The number of aliphatic imine (C=N–C) groups is 1. The molecular formula is C20H41N5O4S. The number of carbonyl (C=O) groups is 1. The normalized spacial score (nSPS) is 19.4. The Morgan fingerprint density at radius 2 is 1.97 bits per heavy atom. The molecule has 1 aliphatic rings. The zero-order chi connectivity index (χ0) is 22.8. The van der Waals surface area contributed by atoms with Gasteiger partial charge in [-0.15, -0.1) is 0 Å². The van der Waals surface area contributed by atoms with Crippen molar-refractivity contribution in [1.29, 1.82) is 0 Å². The van der Waals surface area contributed by atoms with Gasteiger partial charge in [0.15, 0.2) is 5.96 Å². The van der Waals surface area contributed by atoms with E-state index in [2.05, 4.69) is 27.9 Å². The minimum absolute atomic E-state index is 0.0198. The van der Waals surface area contributed by atoms with E-state index >= 15 is 0 Å². The molecule has 1 saturated heterocycles. The maximum atomic E-state index is 12.0. The summed E-state index contributed by atoms with van der Waals surface area (Å²) in [5, 5.41) is 9.49. The molecule has 2 atom stereocenters. The first-order valence-electron chi connectivity index (χ1n) is 10.9. The van der Waals surface area contributed by atoms with Gasteiger partial charge >= 0.3 is 6.09 Å². The molecule has 1 aliphatic heterocycles. The summed E-state index contributed by atoms with van der Waals surface area (Å²) in [6.45, 7) is 12.4. The molecule has 0 aromatic carbocycles. The maximum absolute atomic E-state index is 12.0. The quantitative estimate of drug-likeness (QED) is 0.348. The molecule has 10 heteroatoms. The number of unbranched alkanes of at least 4 members (excludes halogenated alkanes) is 1. The molecular weight excluding hydrogens is 406 g/mol. The fourth-order valence-corrected chi connectivity index (χ4v) is 4.10. The number of guanidine groups is 1. The predicted octanol–water partition coefficient (Wildman–Crippen LogP) is 1.91. The van der Waals surface area contributed by atoms with Gasteiger partial charge in [-0.2, -0.15) is 0 Å². The molecule has 176 valence electrons. The molecule has 2 unspecified atom stereocenters. The fraction of sp³-hybridized carbons (Fsp3) is 0.900. The van der Waals surface area contributed by atoms with Gasteiger partial charge in [0.1, 0.15) is 5.60 Å². The number of ether oxygens (including phenoxy) is 1. The minimum Gasteiger partial charge on any atom is -0.444 e. The summed E-state index contributed by atoms with van der Waals surface area (Å²) < 4.78 is 30.2. The largest absolute Gasteiger partial charge is 0.444 e. The van der Waals surface area contributed by atoms with Gasteiger partial charge in [0.2, 0.25) is 10.0 Å². The molecule has 0 aliphatic carbocycles. The van der Waals surface area contributed by atoms with Crippen LogP contribution < -0.4 is 16.0 Å². The van der Waals surface area contributed by atoms with Crippen LogP contribution in [0, 0.1) is 5.92 Å². The standard InChI is InChI=1S/C20H41N5O4S/c1-7-9-10-17(14-23-19(26)29-20(3,4)5)24-18(21-8-2)22-13-16-11-12-25(15-16)30(6,27)28/h16-17H,7-15H2,1-6H3,(H,23,26)(H2,21,22,24). The summed E-state index contributed by atoms with van der Waals surface area (Å²) in [5.41, 5.74) is -0.534. The third kappa shape index (κ3) is 11.0. The molecule has 0 radical (unpaired) electrons. The van der Waals surface area contributed by atoms with Crippen LogP contribution in [0.1, 0.15) is 60.3 Å². The van der Waals surface area contributed by atoms with Crippen molar-refractivity contribution in [3.8, 4) is 0 Å². The van der Waals surface area contributed by atoms with Gasteiger partial charge in [0.25, 0.3) is 0 Å². The van der Waals surface area contributed by atoms with Crippen molar-refractivity contribution in [2.75, 3.05) is 39.0 Å². The van der Waals surface area contributed by atoms with E-state index in [9.17, 15) is 13.2 Å². The molecule has 30 heavy (non-hydrogen) atoms. The van der Waals surface area contributed by atoms with E-state index in [-0.39, 0.29) is 12.0 Å². The number of alkyl carbamates (subject to hydrolysis) is 1. The first-order valence-corrected chi connectivity index (χ1v) is 12.8. The summed E-state index contributed by atoms with van der Waals surface area (Å²) in [6, 6.07) is 0.0198. The van der Waals surface area contributed by atoms with E-state index in [0.717, 1.165) is 25.7 Å². The Morgan fingerprint density at radius 3 is 2.50 bits per heavy atom. The number of nitrogens with zero attached hydrogens (tertiary/aromatic N) is 2. The monoisotopic (exact) mass is 447 g/mol. The van der Waals surface area contributed by atoms with Crippen LogP contribution in [0.3, 0.4) is 0 Å². The zero-order valence-electron chi connectivity index (χ0n) is 19.5. The second-order valence-corrected chi connectivity index (χ2v) is 10.8. The average Bonchev–Trinajstić information content (AvgIpc) is 3.10. The van der Waals surface area contributed by atoms with E-state index in [4.69, 9.17) is 4.74 Å². The highest BCUT2D eigenvalue weighted by Gasteiger charge is 2.28. The van der Waals surface area contributed by atoms with E-state index < -0.39 is 21.7 Å². The molecule has 1 rings (SSSR count). The van der Waals surface area contributed by atoms with Crippen LogP contribution in [-0.4, -0.2) is 75.4 Å². The summed E-state index contributed by atoms with van der Waals surface area (Å²) in [7, 11) is -3.14. The summed E-state index contributed by atoms with van der Waals surface area (Å²) in [5.74, 6) is 0.895. The number of carbonyl (C=O) groups excluding carboxylic acids is 1. The molecule has 1 heterocycles. The highest BCUT2D eigenvalue weighted by atomic mass is 32.2. The Balaban J connectivity index is 2.67. The van der Waals surface area contributed by atoms with Crippen molar-refractivity contribution in [2.24, 2.45) is 10.9 Å². The van der Waals surface area contributed by atoms with Crippen LogP contribution in [0.15, 0.2) is 4.99 Å². The van der Waals surface area contributed by atoms with Gasteiger partial charge in [0, 0.05) is 38.8 Å². The lowest BCUT2D eigenvalue weighted by Gasteiger charge is -2.24. The van der Waals surface area contributed by atoms with Gasteiger partial charge in [-0.05, 0) is 46.5 Å². The van der Waals surface area contributed by atoms with Gasteiger partial charge < -0.3 is 20.7 Å². The van der Waals surface area contributed by atoms with E-state index in [1.165, 1.54) is 10.6 Å². The number of sulfonamides is 1. The predicted molar refractivity (Wildman–Crippen MR) is 121 cm³/mol. The molecule has 0 aromatic rings. The molecule has 0 spiro atoms. The van der Waals surface area contributed by atoms with Crippen LogP contribution >= 0.6 is 0 Å². The van der Waals surface area contributed by atoms with Gasteiger partial charge in [-0.25, -0.2) is 17.5 Å². The van der Waals surface area contributed by atoms with Crippen molar-refractivity contribution in [3.05, 3.63) is 0 Å². The smallest absolute Gasteiger partial charge is 0.407 e. The molecule has 0 saturated carbocycles. The maximum Gasteiger partial charge on any atom is 0.407 e. The number of rotatable bonds is 10. The Bertz CT molecular complexity index is 661. The number of amides is 1. The van der Waals surface area contributed by atoms with Crippen LogP contribution in [-0.2, 0) is 14.8 Å². The third-order valence-corrected chi connectivity index (χ3v) is 5.98. The number of nitrogens with one attached hydrogen (secondary N) is 3. The van der Waals surface area contributed by atoms with Crippen molar-refractivity contribution in [2.45, 2.75) is 71.9 Å². The molecule has 1 fully saturated rings. The van der Waals surface area contributed by atoms with E-state index in [0.29, 0.717) is 38.7 Å².